The highest BCUT2D eigenvalue weighted by atomic mass is 32.2. The Bertz CT molecular complexity index is 698. The van der Waals surface area contributed by atoms with Gasteiger partial charge in [-0.15, -0.1) is 6.58 Å². The minimum absolute atomic E-state index is 0.00856. The van der Waals surface area contributed by atoms with E-state index in [1.807, 2.05) is 0 Å². The Balaban J connectivity index is 2.72. The molecule has 20 heavy (non-hydrogen) atoms. The Labute approximate surface area is 115 Å². The van der Waals surface area contributed by atoms with E-state index in [1.165, 1.54) is 24.3 Å². The third kappa shape index (κ3) is 2.19. The second-order valence-corrected chi connectivity index (χ2v) is 5.67. The molecule has 106 valence electrons. The topological polar surface area (TPSA) is 113 Å². The van der Waals surface area contributed by atoms with Gasteiger partial charge in [-0.25, -0.2) is 4.79 Å². The normalized spacial score (nSPS) is 22.2. The molecule has 1 unspecified atom stereocenters. The fraction of sp³-hybridized carbons (Fsp3) is 0.167. The molecule has 1 aliphatic rings. The van der Waals surface area contributed by atoms with Crippen LogP contribution in [0.1, 0.15) is 12.0 Å². The summed E-state index contributed by atoms with van der Waals surface area (Å²) in [6.45, 7) is 3.50. The molecule has 8 heteroatoms. The number of rotatable bonds is 4. The highest BCUT2D eigenvalue weighted by Gasteiger charge is 2.48. The zero-order valence-electron chi connectivity index (χ0n) is 10.3. The first-order chi connectivity index (χ1) is 9.31. The molecular weight excluding hydrogens is 284 g/mol. The number of hydrogen-bond acceptors (Lipinski definition) is 4. The molecule has 0 aromatic heterocycles. The Morgan fingerprint density at radius 1 is 1.30 bits per heavy atom. The maximum atomic E-state index is 12.1. The number of nitrogens with one attached hydrogen (secondary N) is 2. The Hall–Kier alpha value is -2.19. The molecule has 0 saturated carbocycles. The zero-order chi connectivity index (χ0) is 15.0. The molecule has 1 saturated heterocycles. The average Bonchev–Trinajstić information content (AvgIpc) is 2.64. The molecule has 1 heterocycles. The van der Waals surface area contributed by atoms with Gasteiger partial charge in [0.2, 0.25) is 0 Å². The van der Waals surface area contributed by atoms with E-state index in [2.05, 4.69) is 17.2 Å². The quantitative estimate of drug-likeness (QED) is 0.426. The van der Waals surface area contributed by atoms with Crippen molar-refractivity contribution in [3.05, 3.63) is 42.5 Å². The molecule has 0 aliphatic carbocycles. The molecular formula is C12H12N2O5S. The van der Waals surface area contributed by atoms with Crippen molar-refractivity contribution in [1.29, 1.82) is 0 Å². The van der Waals surface area contributed by atoms with E-state index in [0.717, 1.165) is 6.07 Å². The predicted octanol–water partition coefficient (Wildman–Crippen LogP) is 0.544. The third-order valence-corrected chi connectivity index (χ3v) is 3.93. The van der Waals surface area contributed by atoms with E-state index in [4.69, 9.17) is 0 Å². The van der Waals surface area contributed by atoms with E-state index in [9.17, 15) is 22.6 Å². The van der Waals surface area contributed by atoms with Crippen LogP contribution in [0.15, 0.2) is 41.8 Å². The molecule has 1 aromatic rings. The molecule has 0 bridgehead atoms. The lowest BCUT2D eigenvalue weighted by Crippen LogP contribution is -2.44. The van der Waals surface area contributed by atoms with Gasteiger partial charge < -0.3 is 5.32 Å². The smallest absolute Gasteiger partial charge is 0.319 e. The molecule has 1 fully saturated rings. The number of hydrogen-bond donors (Lipinski definition) is 3. The minimum Gasteiger partial charge on any atom is -0.319 e. The van der Waals surface area contributed by atoms with Crippen LogP contribution in [0.25, 0.3) is 0 Å². The number of benzene rings is 1. The van der Waals surface area contributed by atoms with Crippen LogP contribution in [-0.2, 0) is 20.5 Å². The maximum absolute atomic E-state index is 12.1. The average molecular weight is 296 g/mol. The van der Waals surface area contributed by atoms with Crippen LogP contribution in [0.3, 0.4) is 0 Å². The lowest BCUT2D eigenvalue weighted by molar-refractivity contribution is -0.124. The number of carbonyl (C=O) groups is 2. The lowest BCUT2D eigenvalue weighted by atomic mass is 9.86. The molecule has 1 aliphatic heterocycles. The minimum atomic E-state index is -4.53. The molecule has 3 N–H and O–H groups in total. The highest BCUT2D eigenvalue weighted by molar-refractivity contribution is 7.85. The summed E-state index contributed by atoms with van der Waals surface area (Å²) in [6, 6.07) is 4.70. The first-order valence-electron chi connectivity index (χ1n) is 5.63. The summed E-state index contributed by atoms with van der Waals surface area (Å²) in [4.78, 5) is 23.0. The van der Waals surface area contributed by atoms with Crippen molar-refractivity contribution in [1.82, 2.24) is 10.6 Å². The van der Waals surface area contributed by atoms with Crippen molar-refractivity contribution >= 4 is 22.1 Å². The largest absolute Gasteiger partial charge is 0.322 e. The monoisotopic (exact) mass is 296 g/mol. The van der Waals surface area contributed by atoms with Gasteiger partial charge in [-0.3, -0.25) is 14.7 Å². The van der Waals surface area contributed by atoms with Crippen molar-refractivity contribution in [3.63, 3.8) is 0 Å². The summed E-state index contributed by atoms with van der Waals surface area (Å²) < 4.78 is 32.1. The molecule has 0 spiro atoms. The van der Waals surface area contributed by atoms with Crippen LogP contribution in [0.5, 0.6) is 0 Å². The summed E-state index contributed by atoms with van der Waals surface area (Å²) in [5.41, 5.74) is -1.60. The highest BCUT2D eigenvalue weighted by Crippen LogP contribution is 2.33. The SMILES string of the molecule is C=CCC1(c2ccccc2S(=O)(=O)O)NC(=O)NC1=O. The molecule has 7 nitrogen and oxygen atoms in total. The second kappa shape index (κ2) is 4.73. The van der Waals surface area contributed by atoms with E-state index in [-0.39, 0.29) is 12.0 Å². The van der Waals surface area contributed by atoms with Crippen LogP contribution >= 0.6 is 0 Å². The van der Waals surface area contributed by atoms with Gasteiger partial charge in [-0.1, -0.05) is 24.3 Å². The van der Waals surface area contributed by atoms with Gasteiger partial charge in [0.05, 0.1) is 4.90 Å². The summed E-state index contributed by atoms with van der Waals surface area (Å²) in [5, 5.41) is 4.46. The summed E-state index contributed by atoms with van der Waals surface area (Å²) in [6.07, 6.45) is 1.36. The van der Waals surface area contributed by atoms with Crippen LogP contribution in [-0.4, -0.2) is 24.9 Å². The van der Waals surface area contributed by atoms with Crippen molar-refractivity contribution < 1.29 is 22.6 Å². The van der Waals surface area contributed by atoms with Crippen molar-refractivity contribution in [2.24, 2.45) is 0 Å². The van der Waals surface area contributed by atoms with Gasteiger partial charge in [0, 0.05) is 12.0 Å². The Kier molecular flexibility index (Phi) is 3.36. The molecule has 3 amide bonds. The Morgan fingerprint density at radius 2 is 1.95 bits per heavy atom. The van der Waals surface area contributed by atoms with Crippen molar-refractivity contribution in [3.8, 4) is 0 Å². The van der Waals surface area contributed by atoms with Crippen LogP contribution in [0.4, 0.5) is 4.79 Å². The van der Waals surface area contributed by atoms with Crippen LogP contribution < -0.4 is 10.6 Å². The van der Waals surface area contributed by atoms with Crippen LogP contribution in [0.2, 0.25) is 0 Å². The number of urea groups is 1. The second-order valence-electron chi connectivity index (χ2n) is 4.28. The predicted molar refractivity (Wildman–Crippen MR) is 69.4 cm³/mol. The van der Waals surface area contributed by atoms with E-state index in [0.29, 0.717) is 0 Å². The Morgan fingerprint density at radius 3 is 2.45 bits per heavy atom. The number of imide groups is 1. The third-order valence-electron chi connectivity index (χ3n) is 3.02. The standard InChI is InChI=1S/C12H12N2O5S/c1-2-7-12(10(15)13-11(16)14-12)8-5-3-4-6-9(8)20(17,18)19/h2-6H,1,7H2,(H,17,18,19)(H2,13,14,15,16). The first kappa shape index (κ1) is 14.2. The van der Waals surface area contributed by atoms with Gasteiger partial charge in [0.15, 0.2) is 5.54 Å². The molecule has 2 rings (SSSR count). The summed E-state index contributed by atoms with van der Waals surface area (Å²) >= 11 is 0. The van der Waals surface area contributed by atoms with Crippen molar-refractivity contribution in [2.75, 3.05) is 0 Å². The number of amides is 3. The van der Waals surface area contributed by atoms with Crippen molar-refractivity contribution in [2.45, 2.75) is 16.9 Å². The fourth-order valence-corrected chi connectivity index (χ4v) is 2.97. The van der Waals surface area contributed by atoms with E-state index < -0.39 is 32.5 Å². The van der Waals surface area contributed by atoms with E-state index >= 15 is 0 Å². The fourth-order valence-electron chi connectivity index (χ4n) is 2.20. The van der Waals surface area contributed by atoms with Gasteiger partial charge in [0.25, 0.3) is 16.0 Å². The van der Waals surface area contributed by atoms with Gasteiger partial charge in [-0.2, -0.15) is 8.42 Å². The van der Waals surface area contributed by atoms with Gasteiger partial charge in [-0.05, 0) is 6.07 Å². The van der Waals surface area contributed by atoms with Crippen LogP contribution in [0, 0.1) is 0 Å². The summed E-state index contributed by atoms with van der Waals surface area (Å²) in [7, 11) is -4.53. The molecule has 1 atom stereocenters. The lowest BCUT2D eigenvalue weighted by Gasteiger charge is -2.26. The maximum Gasteiger partial charge on any atom is 0.322 e. The van der Waals surface area contributed by atoms with Gasteiger partial charge in [0.1, 0.15) is 0 Å². The zero-order valence-corrected chi connectivity index (χ0v) is 11.1. The molecule has 1 aromatic carbocycles. The van der Waals surface area contributed by atoms with E-state index in [1.54, 1.807) is 0 Å². The number of carbonyl (C=O) groups excluding carboxylic acids is 2. The van der Waals surface area contributed by atoms with Gasteiger partial charge >= 0.3 is 6.03 Å². The molecule has 0 radical (unpaired) electrons. The summed E-state index contributed by atoms with van der Waals surface area (Å²) in [5.74, 6) is -0.696. The first-order valence-corrected chi connectivity index (χ1v) is 7.07.